The smallest absolute Gasteiger partial charge is 0.165 e. The predicted molar refractivity (Wildman–Crippen MR) is 65.7 cm³/mol. The predicted octanol–water partition coefficient (Wildman–Crippen LogP) is 4.26. The zero-order chi connectivity index (χ0) is 12.5. The summed E-state index contributed by atoms with van der Waals surface area (Å²) < 4.78 is 18.7. The molecule has 0 saturated heterocycles. The van der Waals surface area contributed by atoms with E-state index in [-0.39, 0.29) is 11.2 Å². The normalized spacial score (nSPS) is 12.0. The molecule has 0 heterocycles. The molecular weight excluding hydrogens is 203 g/mol. The van der Waals surface area contributed by atoms with Gasteiger partial charge in [-0.1, -0.05) is 34.6 Å². The fraction of sp³-hybridized carbons (Fsp3) is 0.571. The van der Waals surface area contributed by atoms with Gasteiger partial charge in [-0.3, -0.25) is 0 Å². The van der Waals surface area contributed by atoms with Gasteiger partial charge in [0, 0.05) is 0 Å². The first-order chi connectivity index (χ1) is 7.27. The Bertz CT molecular complexity index is 375. The van der Waals surface area contributed by atoms with Crippen LogP contribution in [-0.2, 0) is 5.41 Å². The maximum Gasteiger partial charge on any atom is 0.165 e. The molecule has 0 aliphatic carbocycles. The summed E-state index contributed by atoms with van der Waals surface area (Å²) in [4.78, 5) is 0. The lowest BCUT2D eigenvalue weighted by atomic mass is 9.80. The van der Waals surface area contributed by atoms with Gasteiger partial charge in [0.25, 0.3) is 0 Å². The van der Waals surface area contributed by atoms with Crippen molar-refractivity contribution < 1.29 is 9.13 Å². The lowest BCUT2D eigenvalue weighted by Crippen LogP contribution is -2.15. The van der Waals surface area contributed by atoms with Gasteiger partial charge in [0.05, 0.1) is 7.11 Å². The quantitative estimate of drug-likeness (QED) is 0.729. The summed E-state index contributed by atoms with van der Waals surface area (Å²) in [6, 6.07) is 3.43. The van der Waals surface area contributed by atoms with Crippen molar-refractivity contribution in [1.82, 2.24) is 0 Å². The summed E-state index contributed by atoms with van der Waals surface area (Å²) in [6.07, 6.45) is 0. The third-order valence-corrected chi connectivity index (χ3v) is 2.75. The lowest BCUT2D eigenvalue weighted by Gasteiger charge is -2.25. The highest BCUT2D eigenvalue weighted by atomic mass is 19.1. The molecule has 0 aromatic heterocycles. The zero-order valence-electron chi connectivity index (χ0n) is 11.0. The second-order valence-electron chi connectivity index (χ2n) is 5.48. The van der Waals surface area contributed by atoms with E-state index >= 15 is 0 Å². The van der Waals surface area contributed by atoms with Crippen LogP contribution in [0.1, 0.15) is 51.7 Å². The van der Waals surface area contributed by atoms with Gasteiger partial charge in [0.2, 0.25) is 0 Å². The van der Waals surface area contributed by atoms with Crippen LogP contribution in [-0.4, -0.2) is 7.11 Å². The van der Waals surface area contributed by atoms with E-state index < -0.39 is 0 Å². The Morgan fingerprint density at radius 2 is 1.75 bits per heavy atom. The number of benzene rings is 1. The Balaban J connectivity index is 3.42. The molecule has 0 aliphatic heterocycles. The lowest BCUT2D eigenvalue weighted by molar-refractivity contribution is 0.384. The Hall–Kier alpha value is -1.05. The van der Waals surface area contributed by atoms with Crippen molar-refractivity contribution in [3.8, 4) is 5.75 Å². The van der Waals surface area contributed by atoms with Crippen molar-refractivity contribution in [2.24, 2.45) is 0 Å². The van der Waals surface area contributed by atoms with Crippen LogP contribution in [0, 0.1) is 5.82 Å². The average Bonchev–Trinajstić information content (AvgIpc) is 2.15. The first kappa shape index (κ1) is 13.0. The van der Waals surface area contributed by atoms with Crippen LogP contribution < -0.4 is 4.74 Å². The summed E-state index contributed by atoms with van der Waals surface area (Å²) in [5.41, 5.74) is 2.17. The average molecular weight is 224 g/mol. The van der Waals surface area contributed by atoms with Gasteiger partial charge in [0.15, 0.2) is 11.6 Å². The molecule has 0 radical (unpaired) electrons. The largest absolute Gasteiger partial charge is 0.494 e. The molecule has 0 N–H and O–H groups in total. The highest BCUT2D eigenvalue weighted by molar-refractivity contribution is 5.42. The van der Waals surface area contributed by atoms with Gasteiger partial charge >= 0.3 is 0 Å². The molecule has 0 bridgehead atoms. The Kier molecular flexibility index (Phi) is 3.61. The minimum Gasteiger partial charge on any atom is -0.494 e. The van der Waals surface area contributed by atoms with E-state index in [9.17, 15) is 4.39 Å². The standard InChI is InChI=1S/C14H21FO/c1-9(2)10-7-13(16-6)12(15)8-11(10)14(3,4)5/h7-9H,1-6H3. The summed E-state index contributed by atoms with van der Waals surface area (Å²) in [6.45, 7) is 10.5. The van der Waals surface area contributed by atoms with Crippen molar-refractivity contribution >= 4 is 0 Å². The summed E-state index contributed by atoms with van der Waals surface area (Å²) in [5.74, 6) is 0.414. The van der Waals surface area contributed by atoms with Crippen molar-refractivity contribution in [2.45, 2.75) is 46.0 Å². The second-order valence-corrected chi connectivity index (χ2v) is 5.48. The van der Waals surface area contributed by atoms with E-state index in [1.165, 1.54) is 7.11 Å². The highest BCUT2D eigenvalue weighted by Gasteiger charge is 2.22. The van der Waals surface area contributed by atoms with Gasteiger partial charge in [-0.15, -0.1) is 0 Å². The summed E-state index contributed by atoms with van der Waals surface area (Å²) in [5, 5.41) is 0. The molecular formula is C14H21FO. The van der Waals surface area contributed by atoms with Crippen molar-refractivity contribution in [3.63, 3.8) is 0 Å². The fourth-order valence-electron chi connectivity index (χ4n) is 1.85. The van der Waals surface area contributed by atoms with Gasteiger partial charge < -0.3 is 4.74 Å². The Labute approximate surface area is 97.6 Å². The number of hydrogen-bond donors (Lipinski definition) is 0. The number of halogens is 1. The van der Waals surface area contributed by atoms with E-state index in [0.29, 0.717) is 11.7 Å². The maximum atomic E-state index is 13.7. The molecule has 0 atom stereocenters. The minimum atomic E-state index is -0.281. The fourth-order valence-corrected chi connectivity index (χ4v) is 1.85. The highest BCUT2D eigenvalue weighted by Crippen LogP contribution is 2.34. The molecule has 0 fully saturated rings. The molecule has 0 amide bonds. The van der Waals surface area contributed by atoms with Gasteiger partial charge in [0.1, 0.15) is 0 Å². The summed E-state index contributed by atoms with van der Waals surface area (Å²) in [7, 11) is 1.50. The maximum absolute atomic E-state index is 13.7. The molecule has 0 spiro atoms. The van der Waals surface area contributed by atoms with Gasteiger partial charge in [-0.05, 0) is 34.6 Å². The SMILES string of the molecule is COc1cc(C(C)C)c(C(C)(C)C)cc1F. The Morgan fingerprint density at radius 1 is 1.19 bits per heavy atom. The van der Waals surface area contributed by atoms with E-state index in [1.54, 1.807) is 6.07 Å². The molecule has 1 aromatic carbocycles. The van der Waals surface area contributed by atoms with Crippen LogP contribution in [0.5, 0.6) is 5.75 Å². The van der Waals surface area contributed by atoms with Crippen LogP contribution >= 0.6 is 0 Å². The van der Waals surface area contributed by atoms with Crippen LogP contribution in [0.3, 0.4) is 0 Å². The number of methoxy groups -OCH3 is 1. The molecule has 1 aromatic rings. The number of hydrogen-bond acceptors (Lipinski definition) is 1. The van der Waals surface area contributed by atoms with Crippen LogP contribution in [0.2, 0.25) is 0 Å². The molecule has 1 rings (SSSR count). The third kappa shape index (κ3) is 2.55. The van der Waals surface area contributed by atoms with Crippen LogP contribution in [0.4, 0.5) is 4.39 Å². The molecule has 16 heavy (non-hydrogen) atoms. The zero-order valence-corrected chi connectivity index (χ0v) is 11.0. The Morgan fingerprint density at radius 3 is 2.12 bits per heavy atom. The van der Waals surface area contributed by atoms with E-state index in [0.717, 1.165) is 11.1 Å². The molecule has 0 saturated carbocycles. The second kappa shape index (κ2) is 4.44. The van der Waals surface area contributed by atoms with Crippen molar-refractivity contribution in [3.05, 3.63) is 29.1 Å². The molecule has 90 valence electrons. The van der Waals surface area contributed by atoms with E-state index in [4.69, 9.17) is 4.74 Å². The first-order valence-corrected chi connectivity index (χ1v) is 5.65. The molecule has 0 unspecified atom stereocenters. The number of rotatable bonds is 2. The molecule has 1 nitrogen and oxygen atoms in total. The van der Waals surface area contributed by atoms with Gasteiger partial charge in [-0.2, -0.15) is 0 Å². The van der Waals surface area contributed by atoms with Crippen LogP contribution in [0.15, 0.2) is 12.1 Å². The minimum absolute atomic E-state index is 0.0489. The van der Waals surface area contributed by atoms with Crippen LogP contribution in [0.25, 0.3) is 0 Å². The van der Waals surface area contributed by atoms with Gasteiger partial charge in [-0.25, -0.2) is 4.39 Å². The third-order valence-electron chi connectivity index (χ3n) is 2.75. The monoisotopic (exact) mass is 224 g/mol. The molecule has 2 heteroatoms. The van der Waals surface area contributed by atoms with E-state index in [1.807, 2.05) is 6.07 Å². The first-order valence-electron chi connectivity index (χ1n) is 5.65. The van der Waals surface area contributed by atoms with Crippen molar-refractivity contribution in [1.29, 1.82) is 0 Å². The molecule has 0 aliphatic rings. The number of ether oxygens (including phenoxy) is 1. The topological polar surface area (TPSA) is 9.23 Å². The van der Waals surface area contributed by atoms with E-state index in [2.05, 4.69) is 34.6 Å². The van der Waals surface area contributed by atoms with Crippen molar-refractivity contribution in [2.75, 3.05) is 7.11 Å². The summed E-state index contributed by atoms with van der Waals surface area (Å²) >= 11 is 0.